The Morgan fingerprint density at radius 2 is 2.11 bits per heavy atom. The van der Waals surface area contributed by atoms with E-state index in [1.54, 1.807) is 11.8 Å². The van der Waals surface area contributed by atoms with Crippen molar-refractivity contribution in [2.75, 3.05) is 5.75 Å². The van der Waals surface area contributed by atoms with E-state index in [4.69, 9.17) is 4.84 Å². The Morgan fingerprint density at radius 3 is 2.89 bits per heavy atom. The summed E-state index contributed by atoms with van der Waals surface area (Å²) in [5.41, 5.74) is 2.03. The van der Waals surface area contributed by atoms with Gasteiger partial charge in [0, 0.05) is 28.7 Å². The van der Waals surface area contributed by atoms with Crippen LogP contribution < -0.4 is 0 Å². The SMILES string of the molecule is CC1(C)CC(CSc2cccc3cccnc23)=NO1. The van der Waals surface area contributed by atoms with Crippen LogP contribution >= 0.6 is 11.8 Å². The number of fused-ring (bicyclic) bond motifs is 1. The lowest BCUT2D eigenvalue weighted by molar-refractivity contribution is 0.0123. The number of oxime groups is 1. The van der Waals surface area contributed by atoms with Gasteiger partial charge in [-0.1, -0.05) is 23.4 Å². The molecule has 0 saturated carbocycles. The lowest BCUT2D eigenvalue weighted by Gasteiger charge is -2.13. The second-order valence-electron chi connectivity index (χ2n) is 5.31. The van der Waals surface area contributed by atoms with E-state index in [-0.39, 0.29) is 5.60 Å². The molecule has 0 amide bonds. The van der Waals surface area contributed by atoms with Crippen LogP contribution in [0.1, 0.15) is 20.3 Å². The minimum absolute atomic E-state index is 0.146. The van der Waals surface area contributed by atoms with Crippen molar-refractivity contribution in [3.63, 3.8) is 0 Å². The first kappa shape index (κ1) is 12.5. The van der Waals surface area contributed by atoms with Crippen LogP contribution in [0.25, 0.3) is 10.9 Å². The highest BCUT2D eigenvalue weighted by Gasteiger charge is 2.28. The molecule has 1 aromatic heterocycles. The Kier molecular flexibility index (Phi) is 3.19. The molecule has 0 bridgehead atoms. The van der Waals surface area contributed by atoms with E-state index in [0.29, 0.717) is 0 Å². The Hall–Kier alpha value is -1.55. The van der Waals surface area contributed by atoms with Crippen LogP contribution in [0.2, 0.25) is 0 Å². The van der Waals surface area contributed by atoms with Crippen LogP contribution in [0, 0.1) is 0 Å². The lowest BCUT2D eigenvalue weighted by Crippen LogP contribution is -2.19. The second kappa shape index (κ2) is 4.85. The number of para-hydroxylation sites is 1. The molecule has 4 heteroatoms. The highest BCUT2D eigenvalue weighted by atomic mass is 32.2. The molecule has 1 aromatic carbocycles. The molecule has 0 fully saturated rings. The molecule has 2 heterocycles. The predicted octanol–water partition coefficient (Wildman–Crippen LogP) is 3.88. The number of pyridine rings is 1. The number of nitrogens with zero attached hydrogens (tertiary/aromatic N) is 2. The standard InChI is InChI=1S/C15H16N2OS/c1-15(2)9-12(17-18-15)10-19-13-7-3-5-11-6-4-8-16-14(11)13/h3-8H,9-10H2,1-2H3. The smallest absolute Gasteiger partial charge is 0.137 e. The minimum Gasteiger partial charge on any atom is -0.389 e. The molecule has 0 N–H and O–H groups in total. The average Bonchev–Trinajstić information content (AvgIpc) is 2.76. The molecule has 0 unspecified atom stereocenters. The molecule has 2 aromatic rings. The molecular formula is C15H16N2OS. The summed E-state index contributed by atoms with van der Waals surface area (Å²) in [6.07, 6.45) is 2.74. The van der Waals surface area contributed by atoms with Crippen molar-refractivity contribution in [1.82, 2.24) is 4.98 Å². The van der Waals surface area contributed by atoms with E-state index in [9.17, 15) is 0 Å². The molecule has 0 atom stereocenters. The normalized spacial score (nSPS) is 17.3. The number of thioether (sulfide) groups is 1. The van der Waals surface area contributed by atoms with Gasteiger partial charge in [-0.25, -0.2) is 0 Å². The van der Waals surface area contributed by atoms with Crippen molar-refractivity contribution < 1.29 is 4.84 Å². The maximum Gasteiger partial charge on any atom is 0.137 e. The van der Waals surface area contributed by atoms with Crippen LogP contribution in [-0.4, -0.2) is 22.0 Å². The Balaban J connectivity index is 1.76. The molecule has 98 valence electrons. The van der Waals surface area contributed by atoms with E-state index in [1.807, 2.05) is 12.3 Å². The quantitative estimate of drug-likeness (QED) is 0.795. The zero-order chi connectivity index (χ0) is 13.3. The highest BCUT2D eigenvalue weighted by Crippen LogP contribution is 2.29. The summed E-state index contributed by atoms with van der Waals surface area (Å²) < 4.78 is 0. The number of benzene rings is 1. The summed E-state index contributed by atoms with van der Waals surface area (Å²) in [7, 11) is 0. The third kappa shape index (κ3) is 2.73. The van der Waals surface area contributed by atoms with Gasteiger partial charge in [0.2, 0.25) is 0 Å². The number of rotatable bonds is 3. The summed E-state index contributed by atoms with van der Waals surface area (Å²) in [5, 5.41) is 5.34. The van der Waals surface area contributed by atoms with Gasteiger partial charge in [0.25, 0.3) is 0 Å². The Morgan fingerprint density at radius 1 is 1.26 bits per heavy atom. The summed E-state index contributed by atoms with van der Waals surface area (Å²) in [5.74, 6) is 0.860. The third-order valence-corrected chi connectivity index (χ3v) is 4.16. The van der Waals surface area contributed by atoms with E-state index in [0.717, 1.165) is 23.4 Å². The summed E-state index contributed by atoms with van der Waals surface area (Å²) >= 11 is 1.77. The van der Waals surface area contributed by atoms with Gasteiger partial charge in [0.05, 0.1) is 11.2 Å². The summed E-state index contributed by atoms with van der Waals surface area (Å²) in [4.78, 5) is 11.1. The van der Waals surface area contributed by atoms with Crippen LogP contribution in [0.3, 0.4) is 0 Å². The van der Waals surface area contributed by atoms with Gasteiger partial charge in [-0.15, -0.1) is 11.8 Å². The minimum atomic E-state index is -0.146. The molecule has 1 aliphatic rings. The second-order valence-corrected chi connectivity index (χ2v) is 6.32. The largest absolute Gasteiger partial charge is 0.389 e. The van der Waals surface area contributed by atoms with E-state index < -0.39 is 0 Å². The van der Waals surface area contributed by atoms with E-state index in [2.05, 4.69) is 48.3 Å². The zero-order valence-electron chi connectivity index (χ0n) is 11.1. The van der Waals surface area contributed by atoms with Gasteiger partial charge in [-0.2, -0.15) is 0 Å². The highest BCUT2D eigenvalue weighted by molar-refractivity contribution is 8.00. The first-order valence-electron chi connectivity index (χ1n) is 6.34. The van der Waals surface area contributed by atoms with Crippen molar-refractivity contribution in [3.8, 4) is 0 Å². The maximum absolute atomic E-state index is 5.39. The van der Waals surface area contributed by atoms with Crippen molar-refractivity contribution in [2.24, 2.45) is 5.16 Å². The molecule has 1 aliphatic heterocycles. The van der Waals surface area contributed by atoms with Crippen LogP contribution in [0.4, 0.5) is 0 Å². The third-order valence-electron chi connectivity index (χ3n) is 3.04. The molecule has 0 spiro atoms. The van der Waals surface area contributed by atoms with Gasteiger partial charge in [-0.05, 0) is 26.0 Å². The van der Waals surface area contributed by atoms with Gasteiger partial charge < -0.3 is 4.84 Å². The maximum atomic E-state index is 5.39. The lowest BCUT2D eigenvalue weighted by atomic mass is 10.0. The van der Waals surface area contributed by atoms with Crippen LogP contribution in [0.5, 0.6) is 0 Å². The van der Waals surface area contributed by atoms with Gasteiger partial charge in [0.1, 0.15) is 5.60 Å². The fraction of sp³-hybridized carbons (Fsp3) is 0.333. The fourth-order valence-corrected chi connectivity index (χ4v) is 3.13. The zero-order valence-corrected chi connectivity index (χ0v) is 11.9. The van der Waals surface area contributed by atoms with Crippen molar-refractivity contribution in [2.45, 2.75) is 30.8 Å². The monoisotopic (exact) mass is 272 g/mol. The molecule has 0 aliphatic carbocycles. The van der Waals surface area contributed by atoms with Crippen LogP contribution in [0.15, 0.2) is 46.6 Å². The first-order chi connectivity index (χ1) is 9.14. The first-order valence-corrected chi connectivity index (χ1v) is 7.33. The van der Waals surface area contributed by atoms with Crippen molar-refractivity contribution >= 4 is 28.4 Å². The average molecular weight is 272 g/mol. The van der Waals surface area contributed by atoms with Crippen molar-refractivity contribution in [1.29, 1.82) is 0 Å². The predicted molar refractivity (Wildman–Crippen MR) is 79.7 cm³/mol. The molecule has 19 heavy (non-hydrogen) atoms. The van der Waals surface area contributed by atoms with E-state index in [1.165, 1.54) is 10.3 Å². The van der Waals surface area contributed by atoms with Crippen molar-refractivity contribution in [3.05, 3.63) is 36.5 Å². The number of hydrogen-bond acceptors (Lipinski definition) is 4. The molecule has 3 rings (SSSR count). The van der Waals surface area contributed by atoms with Crippen LogP contribution in [-0.2, 0) is 4.84 Å². The number of aromatic nitrogens is 1. The molecule has 0 radical (unpaired) electrons. The molecule has 0 saturated heterocycles. The Bertz CT molecular complexity index is 632. The molecular weight excluding hydrogens is 256 g/mol. The number of hydrogen-bond donors (Lipinski definition) is 0. The Labute approximate surface area is 117 Å². The van der Waals surface area contributed by atoms with Gasteiger partial charge >= 0.3 is 0 Å². The fourth-order valence-electron chi connectivity index (χ4n) is 2.18. The topological polar surface area (TPSA) is 34.5 Å². The summed E-state index contributed by atoms with van der Waals surface area (Å²) in [6.45, 7) is 4.13. The summed E-state index contributed by atoms with van der Waals surface area (Å²) in [6, 6.07) is 10.3. The van der Waals surface area contributed by atoms with E-state index >= 15 is 0 Å². The molecule has 3 nitrogen and oxygen atoms in total. The van der Waals surface area contributed by atoms with Gasteiger partial charge in [0.15, 0.2) is 0 Å². The van der Waals surface area contributed by atoms with Gasteiger partial charge in [-0.3, -0.25) is 4.98 Å².